The maximum Gasteiger partial charge on any atom is 0.267 e. The van der Waals surface area contributed by atoms with Gasteiger partial charge in [-0.3, -0.25) is 25.0 Å². The van der Waals surface area contributed by atoms with Crippen LogP contribution in [0.3, 0.4) is 0 Å². The molecule has 3 unspecified atom stereocenters. The van der Waals surface area contributed by atoms with Gasteiger partial charge in [-0.15, -0.1) is 0 Å². The van der Waals surface area contributed by atoms with Gasteiger partial charge in [-0.1, -0.05) is 18.9 Å². The summed E-state index contributed by atoms with van der Waals surface area (Å²) in [5.41, 5.74) is 1.59. The normalized spacial score (nSPS) is 29.9. The van der Waals surface area contributed by atoms with Crippen LogP contribution in [-0.4, -0.2) is 51.1 Å². The molecule has 0 aromatic carbocycles. The summed E-state index contributed by atoms with van der Waals surface area (Å²) in [4.78, 5) is 42.2. The zero-order valence-electron chi connectivity index (χ0n) is 22.3. The van der Waals surface area contributed by atoms with E-state index in [4.69, 9.17) is 0 Å². The van der Waals surface area contributed by atoms with Crippen molar-refractivity contribution in [3.05, 3.63) is 39.6 Å². The van der Waals surface area contributed by atoms with Gasteiger partial charge in [0.05, 0.1) is 24.3 Å². The molecule has 0 spiro atoms. The highest BCUT2D eigenvalue weighted by Crippen LogP contribution is 2.35. The molecule has 11 heteroatoms. The number of fused-ring (bicyclic) bond motifs is 1. The highest BCUT2D eigenvalue weighted by Gasteiger charge is 2.35. The third-order valence-electron chi connectivity index (χ3n) is 8.91. The number of carbonyl (C=O) groups excluding carboxylic acids is 2. The molecule has 4 aliphatic rings. The highest BCUT2D eigenvalue weighted by molar-refractivity contribution is 5.94. The van der Waals surface area contributed by atoms with E-state index < -0.39 is 12.1 Å². The van der Waals surface area contributed by atoms with Crippen LogP contribution in [0.25, 0.3) is 0 Å². The summed E-state index contributed by atoms with van der Waals surface area (Å²) in [5.74, 6) is 0.860. The molecule has 38 heavy (non-hydrogen) atoms. The van der Waals surface area contributed by atoms with Crippen molar-refractivity contribution in [2.75, 3.05) is 6.54 Å². The number of nitrogens with one attached hydrogen (secondary N) is 4. The summed E-state index contributed by atoms with van der Waals surface area (Å²) in [6.07, 6.45) is 14.1. The lowest BCUT2D eigenvalue weighted by Crippen LogP contribution is -2.48. The van der Waals surface area contributed by atoms with Crippen LogP contribution in [-0.2, 0) is 16.6 Å². The molecule has 208 valence electrons. The monoisotopic (exact) mass is 527 g/mol. The summed E-state index contributed by atoms with van der Waals surface area (Å²) in [7, 11) is 1.92. The van der Waals surface area contributed by atoms with E-state index in [-0.39, 0.29) is 35.2 Å². The average Bonchev–Trinajstić information content (AvgIpc) is 3.52. The second kappa shape index (κ2) is 11.8. The molecule has 3 fully saturated rings. The van der Waals surface area contributed by atoms with Crippen molar-refractivity contribution in [2.45, 2.75) is 107 Å². The molecule has 4 N–H and O–H groups in total. The zero-order chi connectivity index (χ0) is 26.6. The molecular formula is C27H41N7O4. The lowest BCUT2D eigenvalue weighted by molar-refractivity contribution is -0.526. The number of hydrogen-bond donors (Lipinski definition) is 4. The Bertz CT molecular complexity index is 1060. The van der Waals surface area contributed by atoms with E-state index in [2.05, 4.69) is 32.3 Å². The fourth-order valence-corrected chi connectivity index (χ4v) is 6.72. The molecule has 0 radical (unpaired) electrons. The number of rotatable bonds is 8. The van der Waals surface area contributed by atoms with E-state index in [1.807, 2.05) is 17.8 Å². The number of amides is 2. The van der Waals surface area contributed by atoms with Crippen LogP contribution >= 0.6 is 0 Å². The van der Waals surface area contributed by atoms with Crippen LogP contribution in [0, 0.1) is 16.0 Å². The van der Waals surface area contributed by atoms with Gasteiger partial charge in [0.25, 0.3) is 5.91 Å². The minimum Gasteiger partial charge on any atom is -0.378 e. The Morgan fingerprint density at radius 1 is 1.13 bits per heavy atom. The van der Waals surface area contributed by atoms with Crippen molar-refractivity contribution < 1.29 is 14.5 Å². The smallest absolute Gasteiger partial charge is 0.267 e. The van der Waals surface area contributed by atoms with Gasteiger partial charge in [0.2, 0.25) is 11.9 Å². The van der Waals surface area contributed by atoms with E-state index in [1.54, 1.807) is 0 Å². The summed E-state index contributed by atoms with van der Waals surface area (Å²) < 4.78 is 1.98. The fraction of sp³-hybridized carbons (Fsp3) is 0.741. The molecule has 4 atom stereocenters. The molecule has 3 heterocycles. The Morgan fingerprint density at radius 3 is 2.61 bits per heavy atom. The summed E-state index contributed by atoms with van der Waals surface area (Å²) in [5, 5.41) is 24.1. The van der Waals surface area contributed by atoms with Crippen LogP contribution in [0.5, 0.6) is 0 Å². The van der Waals surface area contributed by atoms with Crippen molar-refractivity contribution in [1.29, 1.82) is 0 Å². The first-order chi connectivity index (χ1) is 18.4. The van der Waals surface area contributed by atoms with Crippen LogP contribution in [0.2, 0.25) is 0 Å². The molecule has 1 saturated heterocycles. The number of nitrogens with zero attached hydrogens (tertiary/aromatic N) is 3. The van der Waals surface area contributed by atoms with Crippen molar-refractivity contribution in [1.82, 2.24) is 30.8 Å². The van der Waals surface area contributed by atoms with Gasteiger partial charge < -0.3 is 20.5 Å². The van der Waals surface area contributed by atoms with Crippen LogP contribution in [0.15, 0.2) is 18.0 Å². The lowest BCUT2D eigenvalue weighted by Gasteiger charge is -2.27. The number of piperidine rings is 1. The molecule has 1 aromatic rings. The van der Waals surface area contributed by atoms with Crippen LogP contribution < -0.4 is 21.3 Å². The Labute approximate surface area is 223 Å². The first kappa shape index (κ1) is 26.6. The standard InChI is InChI=1S/C27H41N7O4/c1-33-23(17-9-11-19(12-10-17)34(37)38)16-29-26(33)21(15-25(35)32-24-8-4-5-13-28-24)31-27(36)22-14-18-6-2-3-7-20(18)30-22/h14,16-21,24,28,30H,2-13,15H2,1H3,(H,31,36)(H,32,35)/t17?,18?,19?,20?,21-,24?/m0/s1. The van der Waals surface area contributed by atoms with Crippen LogP contribution in [0.4, 0.5) is 0 Å². The first-order valence-corrected chi connectivity index (χ1v) is 14.4. The number of hydrogen-bond acceptors (Lipinski definition) is 7. The first-order valence-electron chi connectivity index (χ1n) is 14.4. The average molecular weight is 528 g/mol. The predicted octanol–water partition coefficient (Wildman–Crippen LogP) is 2.53. The van der Waals surface area contributed by atoms with Crippen molar-refractivity contribution in [2.24, 2.45) is 13.0 Å². The number of carbonyl (C=O) groups is 2. The van der Waals surface area contributed by atoms with E-state index in [0.717, 1.165) is 57.2 Å². The van der Waals surface area contributed by atoms with Gasteiger partial charge in [0, 0.05) is 48.7 Å². The van der Waals surface area contributed by atoms with Gasteiger partial charge in [0.15, 0.2) is 0 Å². The molecule has 2 aliphatic carbocycles. The van der Waals surface area contributed by atoms with Gasteiger partial charge in [-0.25, -0.2) is 4.98 Å². The van der Waals surface area contributed by atoms with Gasteiger partial charge in [-0.2, -0.15) is 0 Å². The van der Waals surface area contributed by atoms with E-state index in [0.29, 0.717) is 36.3 Å². The molecule has 2 saturated carbocycles. The fourth-order valence-electron chi connectivity index (χ4n) is 6.72. The Morgan fingerprint density at radius 2 is 1.89 bits per heavy atom. The van der Waals surface area contributed by atoms with Crippen molar-refractivity contribution >= 4 is 11.8 Å². The molecule has 2 aliphatic heterocycles. The Hall–Kier alpha value is -2.95. The quantitative estimate of drug-likeness (QED) is 0.300. The van der Waals surface area contributed by atoms with E-state index >= 15 is 0 Å². The van der Waals surface area contributed by atoms with Crippen molar-refractivity contribution in [3.63, 3.8) is 0 Å². The van der Waals surface area contributed by atoms with Gasteiger partial charge >= 0.3 is 0 Å². The molecule has 0 bridgehead atoms. The van der Waals surface area contributed by atoms with Crippen LogP contribution in [0.1, 0.15) is 101 Å². The van der Waals surface area contributed by atoms with Gasteiger partial charge in [-0.05, 0) is 57.4 Å². The maximum atomic E-state index is 13.4. The summed E-state index contributed by atoms with van der Waals surface area (Å²) >= 11 is 0. The maximum absolute atomic E-state index is 13.4. The molecule has 5 rings (SSSR count). The number of imidazole rings is 1. The third-order valence-corrected chi connectivity index (χ3v) is 8.91. The SMILES string of the molecule is Cn1c(C2CCC([N+](=O)[O-])CC2)cnc1[C@H](CC(=O)NC1CCCCN1)NC(=O)C1=CC2CCCCC2N1. The van der Waals surface area contributed by atoms with Crippen molar-refractivity contribution in [3.8, 4) is 0 Å². The topological polar surface area (TPSA) is 143 Å². The molecule has 1 aromatic heterocycles. The number of nitro groups is 1. The summed E-state index contributed by atoms with van der Waals surface area (Å²) in [6.45, 7) is 0.884. The summed E-state index contributed by atoms with van der Waals surface area (Å²) in [6, 6.07) is -0.748. The highest BCUT2D eigenvalue weighted by atomic mass is 16.6. The molecule has 11 nitrogen and oxygen atoms in total. The Kier molecular flexibility index (Phi) is 8.30. The largest absolute Gasteiger partial charge is 0.378 e. The second-order valence-corrected chi connectivity index (χ2v) is 11.5. The minimum atomic E-state index is -0.592. The third kappa shape index (κ3) is 6.03. The van der Waals surface area contributed by atoms with Gasteiger partial charge in [0.1, 0.15) is 5.82 Å². The predicted molar refractivity (Wildman–Crippen MR) is 141 cm³/mol. The second-order valence-electron chi connectivity index (χ2n) is 11.5. The molecule has 2 amide bonds. The van der Waals surface area contributed by atoms with E-state index in [9.17, 15) is 19.7 Å². The van der Waals surface area contributed by atoms with E-state index in [1.165, 1.54) is 12.8 Å². The number of aromatic nitrogens is 2. The minimum absolute atomic E-state index is 0.0522. The Balaban J connectivity index is 1.31. The lowest BCUT2D eigenvalue weighted by atomic mass is 9.84. The molecular weight excluding hydrogens is 486 g/mol. The zero-order valence-corrected chi connectivity index (χ0v) is 22.3.